The number of hydrogen-bond acceptors (Lipinski definition) is 6. The van der Waals surface area contributed by atoms with Gasteiger partial charge < -0.3 is 15.3 Å². The molecule has 0 unspecified atom stereocenters. The Hall–Kier alpha value is -1.70. The van der Waals surface area contributed by atoms with E-state index in [1.54, 1.807) is 19.2 Å². The third-order valence-electron chi connectivity index (χ3n) is 4.51. The van der Waals surface area contributed by atoms with Crippen LogP contribution < -0.4 is 5.32 Å². The Bertz CT molecular complexity index is 530. The average Bonchev–Trinajstić information content (AvgIpc) is 2.55. The fourth-order valence-corrected chi connectivity index (χ4v) is 3.15. The van der Waals surface area contributed by atoms with Gasteiger partial charge in [-0.2, -0.15) is 0 Å². The third kappa shape index (κ3) is 4.63. The van der Waals surface area contributed by atoms with Gasteiger partial charge >= 0.3 is 0 Å². The van der Waals surface area contributed by atoms with E-state index in [1.165, 1.54) is 0 Å². The van der Waals surface area contributed by atoms with E-state index in [0.29, 0.717) is 24.8 Å². The number of anilines is 1. The smallest absolute Gasteiger partial charge is 0.292 e. The molecule has 0 atom stereocenters. The minimum absolute atomic E-state index is 0.0947. The Morgan fingerprint density at radius 2 is 2.13 bits per heavy atom. The van der Waals surface area contributed by atoms with Gasteiger partial charge in [-0.3, -0.25) is 15.0 Å². The van der Waals surface area contributed by atoms with Crippen molar-refractivity contribution >= 4 is 11.4 Å². The summed E-state index contributed by atoms with van der Waals surface area (Å²) in [7, 11) is 3.80. The zero-order valence-corrected chi connectivity index (χ0v) is 13.9. The minimum Gasteiger partial charge on any atom is -0.395 e. The number of hydrogen-bond donors (Lipinski definition) is 2. The molecule has 1 aliphatic heterocycles. The van der Waals surface area contributed by atoms with Gasteiger partial charge in [-0.1, -0.05) is 6.07 Å². The second-order valence-corrected chi connectivity index (χ2v) is 6.09. The average molecular weight is 322 g/mol. The highest BCUT2D eigenvalue weighted by atomic mass is 16.6. The Morgan fingerprint density at radius 1 is 1.43 bits per heavy atom. The van der Waals surface area contributed by atoms with E-state index in [0.717, 1.165) is 31.5 Å². The van der Waals surface area contributed by atoms with Crippen LogP contribution in [-0.2, 0) is 6.54 Å². The number of nitrogens with zero attached hydrogens (tertiary/aromatic N) is 3. The van der Waals surface area contributed by atoms with Crippen LogP contribution in [0.15, 0.2) is 18.2 Å². The van der Waals surface area contributed by atoms with Crippen LogP contribution in [0.4, 0.5) is 11.4 Å². The molecule has 2 N–H and O–H groups in total. The van der Waals surface area contributed by atoms with Crippen molar-refractivity contribution in [2.45, 2.75) is 25.4 Å². The lowest BCUT2D eigenvalue weighted by atomic mass is 10.0. The van der Waals surface area contributed by atoms with Gasteiger partial charge in [0.1, 0.15) is 5.69 Å². The number of nitro groups is 1. The predicted octanol–water partition coefficient (Wildman–Crippen LogP) is 1.52. The first-order valence-corrected chi connectivity index (χ1v) is 8.03. The van der Waals surface area contributed by atoms with Crippen LogP contribution in [0.5, 0.6) is 0 Å². The molecule has 0 aromatic heterocycles. The maximum atomic E-state index is 11.2. The summed E-state index contributed by atoms with van der Waals surface area (Å²) in [6.45, 7) is 3.41. The maximum Gasteiger partial charge on any atom is 0.292 e. The van der Waals surface area contributed by atoms with E-state index in [4.69, 9.17) is 0 Å². The summed E-state index contributed by atoms with van der Waals surface area (Å²) in [6.07, 6.45) is 2.13. The molecule has 0 amide bonds. The molecule has 7 heteroatoms. The van der Waals surface area contributed by atoms with Crippen molar-refractivity contribution < 1.29 is 10.0 Å². The van der Waals surface area contributed by atoms with Crippen molar-refractivity contribution in [2.24, 2.45) is 0 Å². The van der Waals surface area contributed by atoms with Crippen LogP contribution in [0.25, 0.3) is 0 Å². The van der Waals surface area contributed by atoms with E-state index >= 15 is 0 Å². The normalized spacial score (nSPS) is 16.7. The van der Waals surface area contributed by atoms with E-state index in [2.05, 4.69) is 22.2 Å². The van der Waals surface area contributed by atoms with Gasteiger partial charge in [-0.05, 0) is 44.6 Å². The summed E-state index contributed by atoms with van der Waals surface area (Å²) in [5.74, 6) is 0. The Balaban J connectivity index is 2.13. The van der Waals surface area contributed by atoms with Gasteiger partial charge in [0.2, 0.25) is 0 Å². The minimum atomic E-state index is -0.360. The summed E-state index contributed by atoms with van der Waals surface area (Å²) in [6, 6.07) is 5.71. The lowest BCUT2D eigenvalue weighted by molar-refractivity contribution is -0.384. The Kier molecular flexibility index (Phi) is 6.32. The molecule has 0 aliphatic carbocycles. The van der Waals surface area contributed by atoms with Gasteiger partial charge in [0.05, 0.1) is 11.5 Å². The van der Waals surface area contributed by atoms with Gasteiger partial charge in [0.25, 0.3) is 5.69 Å². The standard InChI is InChI=1S/C16H26N4O3/c1-17-15-4-3-13(11-16(15)20(22)23)12-19(9-10-21)14-5-7-18(2)8-6-14/h3-4,11,14,17,21H,5-10,12H2,1-2H3. The fraction of sp³-hybridized carbons (Fsp3) is 0.625. The van der Waals surface area contributed by atoms with Crippen molar-refractivity contribution in [1.29, 1.82) is 0 Å². The van der Waals surface area contributed by atoms with Gasteiger partial charge in [0, 0.05) is 32.2 Å². The summed E-state index contributed by atoms with van der Waals surface area (Å²) >= 11 is 0. The highest BCUT2D eigenvalue weighted by Gasteiger charge is 2.23. The molecular formula is C16H26N4O3. The summed E-state index contributed by atoms with van der Waals surface area (Å²) < 4.78 is 0. The SMILES string of the molecule is CNc1ccc(CN(CCO)C2CCN(C)CC2)cc1[N+](=O)[O-]. The first-order chi connectivity index (χ1) is 11.0. The number of benzene rings is 1. The van der Waals surface area contributed by atoms with Crippen LogP contribution in [0.3, 0.4) is 0 Å². The number of nitrogens with one attached hydrogen (secondary N) is 1. The molecule has 1 aromatic carbocycles. The number of aliphatic hydroxyl groups is 1. The molecule has 1 aliphatic rings. The number of nitro benzene ring substituents is 1. The first kappa shape index (κ1) is 17.7. The lowest BCUT2D eigenvalue weighted by Gasteiger charge is -2.37. The third-order valence-corrected chi connectivity index (χ3v) is 4.51. The van der Waals surface area contributed by atoms with Crippen LogP contribution >= 0.6 is 0 Å². The monoisotopic (exact) mass is 322 g/mol. The molecule has 0 saturated carbocycles. The van der Waals surface area contributed by atoms with Gasteiger partial charge in [-0.25, -0.2) is 0 Å². The highest BCUT2D eigenvalue weighted by molar-refractivity contribution is 5.62. The Labute approximate surface area is 137 Å². The number of likely N-dealkylation sites (tertiary alicyclic amines) is 1. The van der Waals surface area contributed by atoms with E-state index < -0.39 is 0 Å². The van der Waals surface area contributed by atoms with E-state index in [9.17, 15) is 15.2 Å². The molecule has 1 heterocycles. The molecule has 1 fully saturated rings. The number of piperidine rings is 1. The summed E-state index contributed by atoms with van der Waals surface area (Å²) in [4.78, 5) is 15.4. The van der Waals surface area contributed by atoms with Gasteiger partial charge in [-0.15, -0.1) is 0 Å². The second kappa shape index (κ2) is 8.24. The number of aliphatic hydroxyl groups excluding tert-OH is 1. The largest absolute Gasteiger partial charge is 0.395 e. The maximum absolute atomic E-state index is 11.2. The molecule has 2 rings (SSSR count). The molecule has 0 radical (unpaired) electrons. The van der Waals surface area contributed by atoms with Crippen molar-refractivity contribution in [2.75, 3.05) is 45.7 Å². The van der Waals surface area contributed by atoms with Crippen LogP contribution in [0.1, 0.15) is 18.4 Å². The van der Waals surface area contributed by atoms with Gasteiger partial charge in [0.15, 0.2) is 0 Å². The molecule has 1 aromatic rings. The first-order valence-electron chi connectivity index (χ1n) is 8.03. The summed E-state index contributed by atoms with van der Waals surface area (Å²) in [5, 5.41) is 23.4. The quantitative estimate of drug-likeness (QED) is 0.585. The predicted molar refractivity (Wildman–Crippen MR) is 90.7 cm³/mol. The second-order valence-electron chi connectivity index (χ2n) is 6.09. The molecular weight excluding hydrogens is 296 g/mol. The molecule has 128 valence electrons. The van der Waals surface area contributed by atoms with E-state index in [-0.39, 0.29) is 17.2 Å². The molecule has 0 bridgehead atoms. The Morgan fingerprint density at radius 3 is 2.70 bits per heavy atom. The molecule has 1 saturated heterocycles. The molecule has 0 spiro atoms. The van der Waals surface area contributed by atoms with Crippen molar-refractivity contribution in [1.82, 2.24) is 9.80 Å². The number of rotatable bonds is 7. The molecule has 7 nitrogen and oxygen atoms in total. The van der Waals surface area contributed by atoms with Crippen molar-refractivity contribution in [3.05, 3.63) is 33.9 Å². The lowest BCUT2D eigenvalue weighted by Crippen LogP contribution is -2.44. The zero-order valence-electron chi connectivity index (χ0n) is 13.9. The highest BCUT2D eigenvalue weighted by Crippen LogP contribution is 2.26. The summed E-state index contributed by atoms with van der Waals surface area (Å²) in [5.41, 5.74) is 1.52. The van der Waals surface area contributed by atoms with Crippen molar-refractivity contribution in [3.8, 4) is 0 Å². The topological polar surface area (TPSA) is 81.9 Å². The van der Waals surface area contributed by atoms with Crippen LogP contribution in [0, 0.1) is 10.1 Å². The van der Waals surface area contributed by atoms with E-state index in [1.807, 2.05) is 6.07 Å². The zero-order chi connectivity index (χ0) is 16.8. The van der Waals surface area contributed by atoms with Crippen molar-refractivity contribution in [3.63, 3.8) is 0 Å². The molecule has 23 heavy (non-hydrogen) atoms. The van der Waals surface area contributed by atoms with Crippen LogP contribution in [-0.4, -0.2) is 66.2 Å². The van der Waals surface area contributed by atoms with Crippen LogP contribution in [0.2, 0.25) is 0 Å². The fourth-order valence-electron chi connectivity index (χ4n) is 3.15.